The summed E-state index contributed by atoms with van der Waals surface area (Å²) in [5, 5.41) is 3.76. The second-order valence-corrected chi connectivity index (χ2v) is 5.98. The van der Waals surface area contributed by atoms with Gasteiger partial charge in [-0.2, -0.15) is 22.0 Å². The first kappa shape index (κ1) is 23.3. The van der Waals surface area contributed by atoms with Gasteiger partial charge in [0.15, 0.2) is 11.8 Å². The molecule has 0 spiro atoms. The number of hydrogen-bond acceptors (Lipinski definition) is 6. The normalized spacial score (nSPS) is 15.8. The summed E-state index contributed by atoms with van der Waals surface area (Å²) in [6, 6.07) is 1.28. The van der Waals surface area contributed by atoms with Gasteiger partial charge in [-0.1, -0.05) is 0 Å². The minimum atomic E-state index is -4.71. The molecule has 0 aromatic heterocycles. The molecule has 30 heavy (non-hydrogen) atoms. The second kappa shape index (κ2) is 9.67. The molecule has 1 saturated heterocycles. The minimum absolute atomic E-state index is 0.0248. The van der Waals surface area contributed by atoms with E-state index in [0.29, 0.717) is 0 Å². The number of rotatable bonds is 8. The van der Waals surface area contributed by atoms with Crippen LogP contribution in [-0.4, -0.2) is 62.9 Å². The molecule has 1 aliphatic rings. The molecule has 2 rings (SSSR count). The lowest BCUT2D eigenvalue weighted by Crippen LogP contribution is -2.52. The fourth-order valence-electron chi connectivity index (χ4n) is 2.53. The lowest BCUT2D eigenvalue weighted by atomic mass is 10.2. The largest absolute Gasteiger partial charge is 0.433 e. The SMILES string of the molecule is NC(=O)[C@H](NCC(F)(F)F)C(=O)Nc1ccc(N2CCOCC2=O)c(OC(F)F)c1. The molecule has 1 heterocycles. The van der Waals surface area contributed by atoms with Gasteiger partial charge >= 0.3 is 12.8 Å². The monoisotopic (exact) mass is 440 g/mol. The molecular weight excluding hydrogens is 423 g/mol. The first-order valence-corrected chi connectivity index (χ1v) is 8.35. The van der Waals surface area contributed by atoms with Crippen molar-refractivity contribution in [2.24, 2.45) is 5.73 Å². The number of ether oxygens (including phenoxy) is 2. The molecule has 166 valence electrons. The van der Waals surface area contributed by atoms with Crippen molar-refractivity contribution in [1.82, 2.24) is 5.32 Å². The predicted octanol–water partition coefficient (Wildman–Crippen LogP) is 0.595. The van der Waals surface area contributed by atoms with Crippen LogP contribution in [0.5, 0.6) is 5.75 Å². The first-order valence-electron chi connectivity index (χ1n) is 8.35. The Kier molecular flexibility index (Phi) is 7.50. The highest BCUT2D eigenvalue weighted by Crippen LogP contribution is 2.33. The first-order chi connectivity index (χ1) is 14.0. The molecule has 1 aromatic carbocycles. The summed E-state index contributed by atoms with van der Waals surface area (Å²) in [6.07, 6.45) is -4.71. The van der Waals surface area contributed by atoms with Crippen LogP contribution in [-0.2, 0) is 19.1 Å². The Labute approximate surface area is 166 Å². The number of halogens is 5. The molecule has 14 heteroatoms. The van der Waals surface area contributed by atoms with E-state index in [1.54, 1.807) is 5.32 Å². The van der Waals surface area contributed by atoms with E-state index in [0.717, 1.165) is 11.0 Å². The number of nitrogens with two attached hydrogens (primary N) is 1. The number of anilines is 2. The van der Waals surface area contributed by atoms with Crippen molar-refractivity contribution >= 4 is 29.1 Å². The number of carbonyl (C=O) groups excluding carboxylic acids is 3. The minimum Gasteiger partial charge on any atom is -0.433 e. The lowest BCUT2D eigenvalue weighted by Gasteiger charge is -2.28. The smallest absolute Gasteiger partial charge is 0.401 e. The van der Waals surface area contributed by atoms with E-state index in [9.17, 15) is 36.3 Å². The van der Waals surface area contributed by atoms with Crippen LogP contribution in [0.4, 0.5) is 33.3 Å². The van der Waals surface area contributed by atoms with Gasteiger partial charge in [0.25, 0.3) is 11.8 Å². The number of nitrogens with zero attached hydrogens (tertiary/aromatic N) is 1. The molecule has 4 N–H and O–H groups in total. The maximum Gasteiger partial charge on any atom is 0.401 e. The van der Waals surface area contributed by atoms with Gasteiger partial charge in [0.1, 0.15) is 6.61 Å². The van der Waals surface area contributed by atoms with Crippen LogP contribution in [0, 0.1) is 0 Å². The van der Waals surface area contributed by atoms with Gasteiger partial charge < -0.3 is 25.4 Å². The Balaban J connectivity index is 2.23. The van der Waals surface area contributed by atoms with Crippen molar-refractivity contribution in [1.29, 1.82) is 0 Å². The highest BCUT2D eigenvalue weighted by molar-refractivity contribution is 6.09. The van der Waals surface area contributed by atoms with Crippen LogP contribution in [0.15, 0.2) is 18.2 Å². The fraction of sp³-hybridized carbons (Fsp3) is 0.438. The quantitative estimate of drug-likeness (QED) is 0.402. The molecule has 9 nitrogen and oxygen atoms in total. The van der Waals surface area contributed by atoms with E-state index in [4.69, 9.17) is 10.5 Å². The number of morpholine rings is 1. The Hall–Kier alpha value is -3.00. The summed E-state index contributed by atoms with van der Waals surface area (Å²) in [5.41, 5.74) is 4.74. The Morgan fingerprint density at radius 3 is 2.57 bits per heavy atom. The number of amides is 3. The van der Waals surface area contributed by atoms with E-state index in [1.165, 1.54) is 12.1 Å². The van der Waals surface area contributed by atoms with Gasteiger partial charge in [0.05, 0.1) is 18.8 Å². The molecule has 0 bridgehead atoms. The highest BCUT2D eigenvalue weighted by atomic mass is 19.4. The second-order valence-electron chi connectivity index (χ2n) is 5.98. The van der Waals surface area contributed by atoms with Gasteiger partial charge in [0, 0.05) is 18.3 Å². The number of carbonyl (C=O) groups is 3. The van der Waals surface area contributed by atoms with Crippen molar-refractivity contribution in [2.45, 2.75) is 18.8 Å². The maximum atomic E-state index is 12.8. The molecule has 0 aliphatic carbocycles. The highest BCUT2D eigenvalue weighted by Gasteiger charge is 2.33. The summed E-state index contributed by atoms with van der Waals surface area (Å²) in [5.74, 6) is -3.61. The third kappa shape index (κ3) is 6.52. The number of primary amides is 1. The van der Waals surface area contributed by atoms with Gasteiger partial charge in [-0.15, -0.1) is 0 Å². The molecule has 1 aliphatic heterocycles. The van der Waals surface area contributed by atoms with E-state index >= 15 is 0 Å². The van der Waals surface area contributed by atoms with Gasteiger partial charge in [-0.05, 0) is 12.1 Å². The summed E-state index contributed by atoms with van der Waals surface area (Å²) in [7, 11) is 0. The Morgan fingerprint density at radius 1 is 1.30 bits per heavy atom. The van der Waals surface area contributed by atoms with Crippen LogP contribution in [0.2, 0.25) is 0 Å². The summed E-state index contributed by atoms with van der Waals surface area (Å²) in [4.78, 5) is 36.5. The third-order valence-electron chi connectivity index (χ3n) is 3.77. The predicted molar refractivity (Wildman–Crippen MR) is 91.9 cm³/mol. The van der Waals surface area contributed by atoms with Crippen LogP contribution < -0.4 is 26.0 Å². The Morgan fingerprint density at radius 2 is 2.00 bits per heavy atom. The number of nitrogens with one attached hydrogen (secondary N) is 2. The van der Waals surface area contributed by atoms with Crippen LogP contribution in [0.1, 0.15) is 0 Å². The Bertz CT molecular complexity index is 805. The molecular formula is C16H17F5N4O5. The van der Waals surface area contributed by atoms with E-state index in [2.05, 4.69) is 10.1 Å². The van der Waals surface area contributed by atoms with E-state index in [-0.39, 0.29) is 31.1 Å². The number of hydrogen-bond donors (Lipinski definition) is 3. The molecule has 1 fully saturated rings. The maximum absolute atomic E-state index is 12.8. The average molecular weight is 440 g/mol. The van der Waals surface area contributed by atoms with Crippen LogP contribution in [0.3, 0.4) is 0 Å². The van der Waals surface area contributed by atoms with Gasteiger partial charge in [-0.3, -0.25) is 19.7 Å². The summed E-state index contributed by atoms with van der Waals surface area (Å²) >= 11 is 0. The molecule has 0 saturated carbocycles. The van der Waals surface area contributed by atoms with Crippen molar-refractivity contribution in [3.05, 3.63) is 18.2 Å². The van der Waals surface area contributed by atoms with E-state index in [1.807, 2.05) is 0 Å². The number of alkyl halides is 5. The molecule has 3 amide bonds. The zero-order valence-electron chi connectivity index (χ0n) is 15.2. The van der Waals surface area contributed by atoms with Gasteiger partial charge in [-0.25, -0.2) is 0 Å². The van der Waals surface area contributed by atoms with Crippen molar-refractivity contribution in [2.75, 3.05) is 36.5 Å². The van der Waals surface area contributed by atoms with Crippen molar-refractivity contribution in [3.8, 4) is 5.75 Å². The van der Waals surface area contributed by atoms with E-state index < -0.39 is 48.8 Å². The average Bonchev–Trinajstić information content (AvgIpc) is 2.61. The number of benzene rings is 1. The lowest BCUT2D eigenvalue weighted by molar-refractivity contribution is -0.135. The van der Waals surface area contributed by atoms with Crippen LogP contribution >= 0.6 is 0 Å². The molecule has 1 aromatic rings. The molecule has 0 unspecified atom stereocenters. The molecule has 0 radical (unpaired) electrons. The van der Waals surface area contributed by atoms with Crippen molar-refractivity contribution in [3.63, 3.8) is 0 Å². The van der Waals surface area contributed by atoms with Crippen molar-refractivity contribution < 1.29 is 45.8 Å². The third-order valence-corrected chi connectivity index (χ3v) is 3.77. The van der Waals surface area contributed by atoms with Crippen LogP contribution in [0.25, 0.3) is 0 Å². The fourth-order valence-corrected chi connectivity index (χ4v) is 2.53. The summed E-state index contributed by atoms with van der Waals surface area (Å²) < 4.78 is 71.9. The topological polar surface area (TPSA) is 123 Å². The standard InChI is InChI=1S/C16H17F5N4O5/c17-15(18)30-10-5-8(1-2-9(10)25-3-4-29-6-11(25)26)24-14(28)12(13(22)27)23-7-16(19,20)21/h1-2,5,12,15,23H,3-4,6-7H2,(H2,22,27)(H,24,28)/t12-/m0/s1. The molecule has 1 atom stereocenters. The zero-order valence-corrected chi connectivity index (χ0v) is 15.2. The zero-order chi connectivity index (χ0) is 22.5. The van der Waals surface area contributed by atoms with Gasteiger partial charge in [0.2, 0.25) is 5.91 Å². The summed E-state index contributed by atoms with van der Waals surface area (Å²) in [6.45, 7) is -4.97.